The molecule has 30 heavy (non-hydrogen) atoms. The minimum atomic E-state index is -0.445. The lowest BCUT2D eigenvalue weighted by atomic mass is 10.1. The van der Waals surface area contributed by atoms with Gasteiger partial charge in [-0.1, -0.05) is 0 Å². The number of methoxy groups -OCH3 is 2. The van der Waals surface area contributed by atoms with Gasteiger partial charge in [-0.05, 0) is 66.7 Å². The molecule has 1 amide bonds. The number of amides is 1. The Labute approximate surface area is 172 Å². The number of rotatable bonds is 5. The lowest BCUT2D eigenvalue weighted by Crippen LogP contribution is -2.12. The average Bonchev–Trinajstić information content (AvgIpc) is 3.22. The number of benzene rings is 3. The van der Waals surface area contributed by atoms with Gasteiger partial charge in [0, 0.05) is 16.8 Å². The van der Waals surface area contributed by atoms with Crippen LogP contribution in [0.1, 0.15) is 20.7 Å². The van der Waals surface area contributed by atoms with Gasteiger partial charge in [0.1, 0.15) is 11.6 Å². The third kappa shape index (κ3) is 3.86. The number of nitrogens with one attached hydrogen (secondary N) is 2. The van der Waals surface area contributed by atoms with Gasteiger partial charge in [-0.3, -0.25) is 4.79 Å². The smallest absolute Gasteiger partial charge is 0.337 e. The Morgan fingerprint density at radius 2 is 1.60 bits per heavy atom. The van der Waals surface area contributed by atoms with Gasteiger partial charge in [0.2, 0.25) is 0 Å². The van der Waals surface area contributed by atoms with E-state index in [0.717, 1.165) is 28.2 Å². The summed E-state index contributed by atoms with van der Waals surface area (Å²) >= 11 is 0. The molecule has 2 N–H and O–H groups in total. The van der Waals surface area contributed by atoms with Crippen LogP contribution in [-0.2, 0) is 4.74 Å². The first kappa shape index (κ1) is 19.2. The van der Waals surface area contributed by atoms with Gasteiger partial charge in [-0.2, -0.15) is 0 Å². The normalized spacial score (nSPS) is 10.6. The van der Waals surface area contributed by atoms with Crippen LogP contribution in [0, 0.1) is 0 Å². The monoisotopic (exact) mass is 401 g/mol. The Bertz CT molecular complexity index is 1210. The molecule has 7 nitrogen and oxygen atoms in total. The number of ether oxygens (including phenoxy) is 2. The summed E-state index contributed by atoms with van der Waals surface area (Å²) in [5, 5.41) is 2.86. The van der Waals surface area contributed by atoms with Crippen LogP contribution < -0.4 is 10.1 Å². The standard InChI is InChI=1S/C23H19N3O4/c1-29-18-10-7-14(8-11-18)21-25-19-12-9-17(13-20(19)26-21)24-22(27)15-3-5-16(6-4-15)23(28)30-2/h3-13H,1-2H3,(H,24,27)(H,25,26). The molecule has 3 aromatic carbocycles. The van der Waals surface area contributed by atoms with Crippen LogP contribution in [0.5, 0.6) is 5.75 Å². The Morgan fingerprint density at radius 3 is 2.27 bits per heavy atom. The molecular formula is C23H19N3O4. The Kier molecular flexibility index (Phi) is 5.17. The van der Waals surface area contributed by atoms with E-state index in [1.54, 1.807) is 37.4 Å². The molecule has 0 aliphatic rings. The molecule has 0 aliphatic carbocycles. The van der Waals surface area contributed by atoms with Gasteiger partial charge in [-0.25, -0.2) is 9.78 Å². The van der Waals surface area contributed by atoms with E-state index >= 15 is 0 Å². The fraction of sp³-hybridized carbons (Fsp3) is 0.0870. The maximum Gasteiger partial charge on any atom is 0.337 e. The Balaban J connectivity index is 1.53. The largest absolute Gasteiger partial charge is 0.497 e. The van der Waals surface area contributed by atoms with Crippen molar-refractivity contribution in [2.75, 3.05) is 19.5 Å². The minimum absolute atomic E-state index is 0.277. The third-order valence-corrected chi connectivity index (χ3v) is 4.67. The number of aromatic amines is 1. The topological polar surface area (TPSA) is 93.3 Å². The quantitative estimate of drug-likeness (QED) is 0.487. The Hall–Kier alpha value is -4.13. The molecular weight excluding hydrogens is 382 g/mol. The minimum Gasteiger partial charge on any atom is -0.497 e. The zero-order valence-corrected chi connectivity index (χ0v) is 16.4. The number of fused-ring (bicyclic) bond motifs is 1. The zero-order valence-electron chi connectivity index (χ0n) is 16.4. The van der Waals surface area contributed by atoms with E-state index in [9.17, 15) is 9.59 Å². The molecule has 0 aliphatic heterocycles. The number of anilines is 1. The van der Waals surface area contributed by atoms with Gasteiger partial charge in [0.15, 0.2) is 0 Å². The second-order valence-electron chi connectivity index (χ2n) is 6.57. The van der Waals surface area contributed by atoms with Crippen molar-refractivity contribution in [2.45, 2.75) is 0 Å². The van der Waals surface area contributed by atoms with Crippen LogP contribution in [0.4, 0.5) is 5.69 Å². The maximum absolute atomic E-state index is 12.5. The highest BCUT2D eigenvalue weighted by Crippen LogP contribution is 2.24. The number of esters is 1. The van der Waals surface area contributed by atoms with E-state index in [2.05, 4.69) is 20.0 Å². The van der Waals surface area contributed by atoms with E-state index in [1.165, 1.54) is 7.11 Å². The van der Waals surface area contributed by atoms with Crippen molar-refractivity contribution in [1.82, 2.24) is 9.97 Å². The number of nitrogens with zero attached hydrogens (tertiary/aromatic N) is 1. The highest BCUT2D eigenvalue weighted by molar-refractivity contribution is 6.05. The first-order chi connectivity index (χ1) is 14.6. The first-order valence-corrected chi connectivity index (χ1v) is 9.21. The fourth-order valence-corrected chi connectivity index (χ4v) is 3.05. The molecule has 1 heterocycles. The van der Waals surface area contributed by atoms with Crippen LogP contribution in [0.15, 0.2) is 66.7 Å². The predicted molar refractivity (Wildman–Crippen MR) is 114 cm³/mol. The third-order valence-electron chi connectivity index (χ3n) is 4.67. The van der Waals surface area contributed by atoms with Crippen molar-refractivity contribution >= 4 is 28.6 Å². The highest BCUT2D eigenvalue weighted by atomic mass is 16.5. The number of hydrogen-bond donors (Lipinski definition) is 2. The highest BCUT2D eigenvalue weighted by Gasteiger charge is 2.11. The van der Waals surface area contributed by atoms with E-state index in [4.69, 9.17) is 4.74 Å². The van der Waals surface area contributed by atoms with Gasteiger partial charge >= 0.3 is 5.97 Å². The summed E-state index contributed by atoms with van der Waals surface area (Å²) in [6.07, 6.45) is 0. The van der Waals surface area contributed by atoms with Crippen molar-refractivity contribution < 1.29 is 19.1 Å². The van der Waals surface area contributed by atoms with E-state index in [0.29, 0.717) is 16.8 Å². The van der Waals surface area contributed by atoms with Crippen molar-refractivity contribution in [2.24, 2.45) is 0 Å². The summed E-state index contributed by atoms with van der Waals surface area (Å²) in [7, 11) is 2.94. The SMILES string of the molecule is COC(=O)c1ccc(C(=O)Nc2ccc3nc(-c4ccc(OC)cc4)[nH]c3c2)cc1. The molecule has 0 spiro atoms. The second kappa shape index (κ2) is 8.08. The molecule has 4 rings (SSSR count). The van der Waals surface area contributed by atoms with Gasteiger partial charge < -0.3 is 19.8 Å². The lowest BCUT2D eigenvalue weighted by molar-refractivity contribution is 0.0600. The summed E-state index contributed by atoms with van der Waals surface area (Å²) in [6.45, 7) is 0. The second-order valence-corrected chi connectivity index (χ2v) is 6.57. The summed E-state index contributed by atoms with van der Waals surface area (Å²) in [4.78, 5) is 31.9. The summed E-state index contributed by atoms with van der Waals surface area (Å²) in [5.41, 5.74) is 3.99. The lowest BCUT2D eigenvalue weighted by Gasteiger charge is -2.06. The summed E-state index contributed by atoms with van der Waals surface area (Å²) < 4.78 is 9.85. The molecule has 0 fully saturated rings. The number of carbonyl (C=O) groups excluding carboxylic acids is 2. The van der Waals surface area contributed by atoms with Crippen LogP contribution in [-0.4, -0.2) is 36.1 Å². The van der Waals surface area contributed by atoms with E-state index in [-0.39, 0.29) is 5.91 Å². The average molecular weight is 401 g/mol. The number of carbonyl (C=O) groups is 2. The number of hydrogen-bond acceptors (Lipinski definition) is 5. The van der Waals surface area contributed by atoms with E-state index < -0.39 is 5.97 Å². The predicted octanol–water partition coefficient (Wildman–Crippen LogP) is 4.28. The molecule has 7 heteroatoms. The summed E-state index contributed by atoms with van der Waals surface area (Å²) in [6, 6.07) is 19.3. The van der Waals surface area contributed by atoms with Crippen molar-refractivity contribution in [1.29, 1.82) is 0 Å². The van der Waals surface area contributed by atoms with Crippen molar-refractivity contribution in [3.05, 3.63) is 77.9 Å². The molecule has 0 saturated carbocycles. The zero-order chi connectivity index (χ0) is 21.1. The fourth-order valence-electron chi connectivity index (χ4n) is 3.05. The van der Waals surface area contributed by atoms with Gasteiger partial charge in [0.05, 0.1) is 30.8 Å². The number of aromatic nitrogens is 2. The molecule has 4 aromatic rings. The van der Waals surface area contributed by atoms with E-state index in [1.807, 2.05) is 36.4 Å². The van der Waals surface area contributed by atoms with Crippen LogP contribution in [0.2, 0.25) is 0 Å². The van der Waals surface area contributed by atoms with Gasteiger partial charge in [0.25, 0.3) is 5.91 Å². The molecule has 0 radical (unpaired) electrons. The Morgan fingerprint density at radius 1 is 0.900 bits per heavy atom. The van der Waals surface area contributed by atoms with Crippen LogP contribution >= 0.6 is 0 Å². The molecule has 0 saturated heterocycles. The molecule has 0 bridgehead atoms. The van der Waals surface area contributed by atoms with Crippen molar-refractivity contribution in [3.8, 4) is 17.1 Å². The maximum atomic E-state index is 12.5. The van der Waals surface area contributed by atoms with Crippen LogP contribution in [0.3, 0.4) is 0 Å². The molecule has 0 unspecified atom stereocenters. The first-order valence-electron chi connectivity index (χ1n) is 9.21. The number of imidazole rings is 1. The number of H-pyrrole nitrogens is 1. The van der Waals surface area contributed by atoms with Gasteiger partial charge in [-0.15, -0.1) is 0 Å². The molecule has 150 valence electrons. The molecule has 1 aromatic heterocycles. The summed E-state index contributed by atoms with van der Waals surface area (Å²) in [5.74, 6) is 0.786. The van der Waals surface area contributed by atoms with Crippen LogP contribution in [0.25, 0.3) is 22.4 Å². The van der Waals surface area contributed by atoms with Crippen molar-refractivity contribution in [3.63, 3.8) is 0 Å². The molecule has 0 atom stereocenters.